The number of carbonyl (C=O) groups is 2. The van der Waals surface area contributed by atoms with E-state index in [1.807, 2.05) is 24.3 Å². The second-order valence-corrected chi connectivity index (χ2v) is 6.43. The van der Waals surface area contributed by atoms with E-state index in [2.05, 4.69) is 19.7 Å². The summed E-state index contributed by atoms with van der Waals surface area (Å²) in [6, 6.07) is 12.1. The van der Waals surface area contributed by atoms with E-state index in [9.17, 15) is 14.4 Å². The summed E-state index contributed by atoms with van der Waals surface area (Å²) in [5.74, 6) is -0.779. The van der Waals surface area contributed by atoms with Gasteiger partial charge in [-0.15, -0.1) is 0 Å². The molecule has 0 aliphatic heterocycles. The minimum absolute atomic E-state index is 0.0916. The van der Waals surface area contributed by atoms with Crippen molar-refractivity contribution in [2.75, 3.05) is 7.11 Å². The first-order chi connectivity index (χ1) is 14.0. The number of methoxy groups -OCH3 is 1. The number of nitrogens with one attached hydrogen (secondary N) is 2. The van der Waals surface area contributed by atoms with Crippen molar-refractivity contribution in [2.45, 2.75) is 13.0 Å². The SMILES string of the molecule is COC(=O)c1ccc2c(=O)[nH]c(COC(=O)Cc3c[nH]c4ccccc34)nc2c1. The van der Waals surface area contributed by atoms with E-state index in [4.69, 9.17) is 4.74 Å². The molecule has 2 aromatic carbocycles. The van der Waals surface area contributed by atoms with Crippen LogP contribution in [0.3, 0.4) is 0 Å². The fourth-order valence-electron chi connectivity index (χ4n) is 3.13. The lowest BCUT2D eigenvalue weighted by atomic mass is 10.1. The maximum atomic E-state index is 12.2. The number of carbonyl (C=O) groups excluding carboxylic acids is 2. The Kier molecular flexibility index (Phi) is 4.82. The number of rotatable bonds is 5. The Balaban J connectivity index is 1.50. The fraction of sp³-hybridized carbons (Fsp3) is 0.143. The van der Waals surface area contributed by atoms with Crippen LogP contribution in [-0.4, -0.2) is 34.0 Å². The standard InChI is InChI=1S/C21H17N3O5/c1-28-21(27)12-6-7-15-17(8-12)23-18(24-20(15)26)11-29-19(25)9-13-10-22-16-5-3-2-4-14(13)16/h2-8,10,22H,9,11H2,1H3,(H,23,24,26). The van der Waals surface area contributed by atoms with Gasteiger partial charge in [0.05, 0.1) is 30.0 Å². The van der Waals surface area contributed by atoms with Gasteiger partial charge in [0.15, 0.2) is 0 Å². The first-order valence-corrected chi connectivity index (χ1v) is 8.87. The van der Waals surface area contributed by atoms with Crippen molar-refractivity contribution in [3.8, 4) is 0 Å². The normalized spacial score (nSPS) is 10.9. The molecule has 2 N–H and O–H groups in total. The number of esters is 2. The molecule has 29 heavy (non-hydrogen) atoms. The van der Waals surface area contributed by atoms with Crippen molar-refractivity contribution in [3.63, 3.8) is 0 Å². The zero-order valence-electron chi connectivity index (χ0n) is 15.5. The molecule has 0 amide bonds. The van der Waals surface area contributed by atoms with Gasteiger partial charge in [0, 0.05) is 17.1 Å². The number of hydrogen-bond acceptors (Lipinski definition) is 6. The number of fused-ring (bicyclic) bond motifs is 2. The third-order valence-electron chi connectivity index (χ3n) is 4.56. The summed E-state index contributed by atoms with van der Waals surface area (Å²) in [5, 5.41) is 1.28. The Morgan fingerprint density at radius 3 is 2.76 bits per heavy atom. The summed E-state index contributed by atoms with van der Waals surface area (Å²) < 4.78 is 9.96. The average molecular weight is 391 g/mol. The van der Waals surface area contributed by atoms with Gasteiger partial charge < -0.3 is 19.4 Å². The van der Waals surface area contributed by atoms with Gasteiger partial charge in [-0.25, -0.2) is 9.78 Å². The lowest BCUT2D eigenvalue weighted by molar-refractivity contribution is -0.144. The lowest BCUT2D eigenvalue weighted by Crippen LogP contribution is -2.15. The van der Waals surface area contributed by atoms with E-state index >= 15 is 0 Å². The predicted molar refractivity (Wildman–Crippen MR) is 106 cm³/mol. The lowest BCUT2D eigenvalue weighted by Gasteiger charge is -2.06. The fourth-order valence-corrected chi connectivity index (χ4v) is 3.13. The maximum Gasteiger partial charge on any atom is 0.337 e. The van der Waals surface area contributed by atoms with Crippen LogP contribution in [0.5, 0.6) is 0 Å². The highest BCUT2D eigenvalue weighted by Crippen LogP contribution is 2.18. The van der Waals surface area contributed by atoms with Crippen molar-refractivity contribution in [1.82, 2.24) is 15.0 Å². The topological polar surface area (TPSA) is 114 Å². The van der Waals surface area contributed by atoms with E-state index in [-0.39, 0.29) is 30.0 Å². The van der Waals surface area contributed by atoms with Gasteiger partial charge in [-0.1, -0.05) is 18.2 Å². The van der Waals surface area contributed by atoms with Crippen LogP contribution in [0, 0.1) is 0 Å². The quantitative estimate of drug-likeness (QED) is 0.505. The summed E-state index contributed by atoms with van der Waals surface area (Å²) in [7, 11) is 1.27. The van der Waals surface area contributed by atoms with Gasteiger partial charge >= 0.3 is 11.9 Å². The third kappa shape index (κ3) is 3.73. The molecular formula is C21H17N3O5. The molecule has 0 atom stereocenters. The molecule has 0 bridgehead atoms. The van der Waals surface area contributed by atoms with Crippen molar-refractivity contribution in [1.29, 1.82) is 0 Å². The second kappa shape index (κ2) is 7.59. The highest BCUT2D eigenvalue weighted by Gasteiger charge is 2.13. The highest BCUT2D eigenvalue weighted by atomic mass is 16.5. The Bertz CT molecular complexity index is 1290. The monoisotopic (exact) mass is 391 g/mol. The van der Waals surface area contributed by atoms with Gasteiger partial charge in [-0.05, 0) is 29.8 Å². The molecule has 0 radical (unpaired) electrons. The molecule has 4 aromatic rings. The van der Waals surface area contributed by atoms with Gasteiger partial charge in [0.25, 0.3) is 5.56 Å². The van der Waals surface area contributed by atoms with Crippen molar-refractivity contribution in [3.05, 3.63) is 76.0 Å². The number of aromatic amines is 2. The molecule has 4 rings (SSSR count). The Morgan fingerprint density at radius 1 is 1.10 bits per heavy atom. The van der Waals surface area contributed by atoms with Crippen LogP contribution in [0.2, 0.25) is 0 Å². The third-order valence-corrected chi connectivity index (χ3v) is 4.56. The van der Waals surface area contributed by atoms with E-state index in [1.54, 1.807) is 6.20 Å². The van der Waals surface area contributed by atoms with Crippen molar-refractivity contribution < 1.29 is 19.1 Å². The minimum atomic E-state index is -0.527. The second-order valence-electron chi connectivity index (χ2n) is 6.43. The first-order valence-electron chi connectivity index (χ1n) is 8.87. The van der Waals surface area contributed by atoms with Crippen LogP contribution in [-0.2, 0) is 27.3 Å². The van der Waals surface area contributed by atoms with Crippen LogP contribution >= 0.6 is 0 Å². The summed E-state index contributed by atoms with van der Waals surface area (Å²) >= 11 is 0. The molecule has 0 aliphatic carbocycles. The number of benzene rings is 2. The smallest absolute Gasteiger partial charge is 0.337 e. The highest BCUT2D eigenvalue weighted by molar-refractivity contribution is 5.94. The van der Waals surface area contributed by atoms with E-state index < -0.39 is 11.9 Å². The molecule has 0 unspecified atom stereocenters. The van der Waals surface area contributed by atoms with Crippen LogP contribution < -0.4 is 5.56 Å². The number of aromatic nitrogens is 3. The number of hydrogen-bond donors (Lipinski definition) is 2. The van der Waals surface area contributed by atoms with Gasteiger partial charge in [-0.2, -0.15) is 0 Å². The summed E-state index contributed by atoms with van der Waals surface area (Å²) in [6.45, 7) is -0.186. The summed E-state index contributed by atoms with van der Waals surface area (Å²) in [4.78, 5) is 46.1. The van der Waals surface area contributed by atoms with Crippen molar-refractivity contribution in [2.24, 2.45) is 0 Å². The molecule has 8 nitrogen and oxygen atoms in total. The molecule has 0 saturated carbocycles. The predicted octanol–water partition coefficient (Wildman–Crippen LogP) is 2.48. The van der Waals surface area contributed by atoms with Gasteiger partial charge in [0.2, 0.25) is 0 Å². The summed E-state index contributed by atoms with van der Waals surface area (Å²) in [6.07, 6.45) is 1.87. The molecule has 2 aromatic heterocycles. The maximum absolute atomic E-state index is 12.2. The largest absolute Gasteiger partial charge is 0.465 e. The molecule has 146 valence electrons. The molecule has 0 spiro atoms. The van der Waals surface area contributed by atoms with E-state index in [1.165, 1.54) is 25.3 Å². The van der Waals surface area contributed by atoms with Gasteiger partial charge in [-0.3, -0.25) is 9.59 Å². The Morgan fingerprint density at radius 2 is 1.93 bits per heavy atom. The molecule has 2 heterocycles. The molecule has 8 heteroatoms. The Hall–Kier alpha value is -3.94. The molecule has 0 aliphatic rings. The van der Waals surface area contributed by atoms with Crippen LogP contribution in [0.25, 0.3) is 21.8 Å². The molecule has 0 saturated heterocycles. The Labute approximate surface area is 164 Å². The molecule has 0 fully saturated rings. The number of nitrogens with zero attached hydrogens (tertiary/aromatic N) is 1. The zero-order valence-corrected chi connectivity index (χ0v) is 15.5. The average Bonchev–Trinajstić information content (AvgIpc) is 3.14. The number of H-pyrrole nitrogens is 2. The van der Waals surface area contributed by atoms with Crippen LogP contribution in [0.1, 0.15) is 21.7 Å². The van der Waals surface area contributed by atoms with E-state index in [0.717, 1.165) is 16.5 Å². The minimum Gasteiger partial charge on any atom is -0.465 e. The first kappa shape index (κ1) is 18.4. The number of ether oxygens (including phenoxy) is 2. The number of para-hydroxylation sites is 1. The van der Waals surface area contributed by atoms with Crippen LogP contribution in [0.15, 0.2) is 53.5 Å². The summed E-state index contributed by atoms with van der Waals surface area (Å²) in [5.41, 5.74) is 1.99. The zero-order chi connectivity index (χ0) is 20.4. The van der Waals surface area contributed by atoms with E-state index in [0.29, 0.717) is 10.9 Å². The van der Waals surface area contributed by atoms with Gasteiger partial charge in [0.1, 0.15) is 12.4 Å². The van der Waals surface area contributed by atoms with Crippen LogP contribution in [0.4, 0.5) is 0 Å². The molecular weight excluding hydrogens is 374 g/mol. The van der Waals surface area contributed by atoms with Crippen molar-refractivity contribution >= 4 is 33.7 Å².